The standard InChI is InChI=1S/C24H26FN5O2/c1-14-5-4-6-19(15(14)2)29-12-11-20-22(24(29)31)26-27-23-21(16-7-9-17(25)10-8-16)18(13-32-3)28-30(20)23/h7-12,14-15,19H,4-6,13H2,1-3H3/t14-,15-,19+/m0/s1. The zero-order valence-electron chi connectivity index (χ0n) is 18.5. The Labute approximate surface area is 184 Å². The third-order valence-electron chi connectivity index (χ3n) is 6.91. The van der Waals surface area contributed by atoms with E-state index in [0.29, 0.717) is 34.2 Å². The Kier molecular flexibility index (Phi) is 5.25. The van der Waals surface area contributed by atoms with E-state index in [4.69, 9.17) is 4.74 Å². The minimum absolute atomic E-state index is 0.144. The number of halogens is 1. The van der Waals surface area contributed by atoms with E-state index in [2.05, 4.69) is 29.1 Å². The quantitative estimate of drug-likeness (QED) is 0.475. The molecule has 0 spiro atoms. The first-order valence-corrected chi connectivity index (χ1v) is 11.0. The number of ether oxygens (including phenoxy) is 1. The van der Waals surface area contributed by atoms with Gasteiger partial charge in [0.05, 0.1) is 17.9 Å². The van der Waals surface area contributed by atoms with Crippen LogP contribution >= 0.6 is 0 Å². The van der Waals surface area contributed by atoms with Gasteiger partial charge in [-0.15, -0.1) is 10.2 Å². The first-order valence-electron chi connectivity index (χ1n) is 11.0. The Hall–Kier alpha value is -3.13. The van der Waals surface area contributed by atoms with Gasteiger partial charge in [-0.3, -0.25) is 4.79 Å². The van der Waals surface area contributed by atoms with E-state index in [0.717, 1.165) is 24.0 Å². The van der Waals surface area contributed by atoms with Crippen LogP contribution in [0.2, 0.25) is 0 Å². The molecule has 0 N–H and O–H groups in total. The van der Waals surface area contributed by atoms with Crippen LogP contribution in [0.3, 0.4) is 0 Å². The minimum atomic E-state index is -0.318. The summed E-state index contributed by atoms with van der Waals surface area (Å²) in [5, 5.41) is 13.4. The van der Waals surface area contributed by atoms with Crippen molar-refractivity contribution in [1.29, 1.82) is 0 Å². The molecule has 0 aliphatic heterocycles. The molecule has 8 heteroatoms. The lowest BCUT2D eigenvalue weighted by Crippen LogP contribution is -2.34. The molecule has 0 radical (unpaired) electrons. The Morgan fingerprint density at radius 2 is 1.91 bits per heavy atom. The van der Waals surface area contributed by atoms with E-state index in [1.54, 1.807) is 23.8 Å². The predicted molar refractivity (Wildman–Crippen MR) is 120 cm³/mol. The lowest BCUT2D eigenvalue weighted by molar-refractivity contribution is 0.181. The molecule has 5 rings (SSSR count). The van der Waals surface area contributed by atoms with Crippen molar-refractivity contribution in [3.63, 3.8) is 0 Å². The molecule has 3 aromatic heterocycles. The van der Waals surface area contributed by atoms with Gasteiger partial charge in [0.1, 0.15) is 11.3 Å². The van der Waals surface area contributed by atoms with Gasteiger partial charge in [-0.25, -0.2) is 8.91 Å². The van der Waals surface area contributed by atoms with E-state index in [1.807, 2.05) is 16.8 Å². The maximum atomic E-state index is 13.5. The van der Waals surface area contributed by atoms with E-state index >= 15 is 0 Å². The summed E-state index contributed by atoms with van der Waals surface area (Å²) in [4.78, 5) is 13.4. The topological polar surface area (TPSA) is 74.3 Å². The minimum Gasteiger partial charge on any atom is -0.378 e. The van der Waals surface area contributed by atoms with Crippen LogP contribution in [0.25, 0.3) is 27.8 Å². The smallest absolute Gasteiger partial charge is 0.280 e. The Morgan fingerprint density at radius 1 is 1.12 bits per heavy atom. The van der Waals surface area contributed by atoms with Crippen LogP contribution in [-0.2, 0) is 11.3 Å². The van der Waals surface area contributed by atoms with Crippen LogP contribution in [0.1, 0.15) is 44.8 Å². The molecular formula is C24H26FN5O2. The van der Waals surface area contributed by atoms with Gasteiger partial charge < -0.3 is 9.30 Å². The summed E-state index contributed by atoms with van der Waals surface area (Å²) in [6.07, 6.45) is 5.16. The summed E-state index contributed by atoms with van der Waals surface area (Å²) < 4.78 is 22.3. The van der Waals surface area contributed by atoms with Gasteiger partial charge in [-0.05, 0) is 42.0 Å². The van der Waals surface area contributed by atoms with Crippen LogP contribution in [0.5, 0.6) is 0 Å². The largest absolute Gasteiger partial charge is 0.378 e. The molecule has 0 bridgehead atoms. The van der Waals surface area contributed by atoms with Gasteiger partial charge in [-0.2, -0.15) is 5.10 Å². The maximum Gasteiger partial charge on any atom is 0.280 e. The van der Waals surface area contributed by atoms with Crippen molar-refractivity contribution < 1.29 is 9.13 Å². The SMILES string of the molecule is COCc1nn2c(nnc3c(=O)n([C@@H]4CCC[C@H](C)[C@@H]4C)ccc32)c1-c1ccc(F)cc1. The predicted octanol–water partition coefficient (Wildman–Crippen LogP) is 4.39. The maximum absolute atomic E-state index is 13.5. The number of aromatic nitrogens is 5. The van der Waals surface area contributed by atoms with Crippen LogP contribution in [-0.4, -0.2) is 31.5 Å². The van der Waals surface area contributed by atoms with Crippen LogP contribution in [0.15, 0.2) is 41.3 Å². The van der Waals surface area contributed by atoms with Crippen molar-refractivity contribution in [2.45, 2.75) is 45.8 Å². The Bertz CT molecular complexity index is 1340. The van der Waals surface area contributed by atoms with E-state index < -0.39 is 0 Å². The van der Waals surface area contributed by atoms with Crippen molar-refractivity contribution in [1.82, 2.24) is 24.4 Å². The van der Waals surface area contributed by atoms with Gasteiger partial charge >= 0.3 is 0 Å². The van der Waals surface area contributed by atoms with E-state index in [9.17, 15) is 9.18 Å². The summed E-state index contributed by atoms with van der Waals surface area (Å²) >= 11 is 0. The number of rotatable bonds is 4. The highest BCUT2D eigenvalue weighted by Crippen LogP contribution is 2.37. The van der Waals surface area contributed by atoms with Crippen LogP contribution in [0.4, 0.5) is 4.39 Å². The van der Waals surface area contributed by atoms with Crippen molar-refractivity contribution in [2.75, 3.05) is 7.11 Å². The fourth-order valence-corrected chi connectivity index (χ4v) is 4.96. The number of hydrogen-bond acceptors (Lipinski definition) is 5. The fourth-order valence-electron chi connectivity index (χ4n) is 4.96. The molecular weight excluding hydrogens is 409 g/mol. The number of hydrogen-bond donors (Lipinski definition) is 0. The monoisotopic (exact) mass is 435 g/mol. The first-order chi connectivity index (χ1) is 15.5. The van der Waals surface area contributed by atoms with Crippen molar-refractivity contribution in [2.24, 2.45) is 11.8 Å². The molecule has 3 atom stereocenters. The normalized spacial score (nSPS) is 21.4. The highest BCUT2D eigenvalue weighted by molar-refractivity contribution is 5.84. The zero-order valence-corrected chi connectivity index (χ0v) is 18.5. The summed E-state index contributed by atoms with van der Waals surface area (Å²) in [5.74, 6) is 0.673. The number of fused-ring (bicyclic) bond motifs is 3. The number of methoxy groups -OCH3 is 1. The molecule has 3 heterocycles. The second-order valence-electron chi connectivity index (χ2n) is 8.79. The fraction of sp³-hybridized carbons (Fsp3) is 0.417. The second kappa shape index (κ2) is 8.09. The van der Waals surface area contributed by atoms with Gasteiger partial charge in [0.15, 0.2) is 11.2 Å². The van der Waals surface area contributed by atoms with Crippen molar-refractivity contribution in [3.8, 4) is 11.1 Å². The lowest BCUT2D eigenvalue weighted by atomic mass is 9.78. The van der Waals surface area contributed by atoms with Crippen LogP contribution in [0, 0.1) is 17.7 Å². The highest BCUT2D eigenvalue weighted by atomic mass is 19.1. The summed E-state index contributed by atoms with van der Waals surface area (Å²) in [5.41, 5.74) is 3.39. The molecule has 1 aromatic carbocycles. The molecule has 166 valence electrons. The average molecular weight is 436 g/mol. The number of nitrogens with zero attached hydrogens (tertiary/aromatic N) is 5. The molecule has 7 nitrogen and oxygen atoms in total. The summed E-state index contributed by atoms with van der Waals surface area (Å²) in [6.45, 7) is 4.73. The summed E-state index contributed by atoms with van der Waals surface area (Å²) in [6, 6.07) is 8.21. The third kappa shape index (κ3) is 3.30. The molecule has 0 saturated heterocycles. The van der Waals surface area contributed by atoms with E-state index in [-0.39, 0.29) is 24.0 Å². The molecule has 1 fully saturated rings. The average Bonchev–Trinajstić information content (AvgIpc) is 3.15. The van der Waals surface area contributed by atoms with Gasteiger partial charge in [-0.1, -0.05) is 38.8 Å². The molecule has 32 heavy (non-hydrogen) atoms. The third-order valence-corrected chi connectivity index (χ3v) is 6.91. The molecule has 0 amide bonds. The van der Waals surface area contributed by atoms with Gasteiger partial charge in [0.25, 0.3) is 5.56 Å². The Morgan fingerprint density at radius 3 is 2.66 bits per heavy atom. The van der Waals surface area contributed by atoms with Crippen molar-refractivity contribution in [3.05, 3.63) is 58.4 Å². The van der Waals surface area contributed by atoms with Gasteiger partial charge in [0.2, 0.25) is 0 Å². The van der Waals surface area contributed by atoms with E-state index in [1.165, 1.54) is 18.6 Å². The first kappa shape index (κ1) is 20.8. The molecule has 4 aromatic rings. The zero-order chi connectivity index (χ0) is 22.4. The molecule has 1 saturated carbocycles. The number of pyridine rings is 1. The molecule has 1 aliphatic carbocycles. The van der Waals surface area contributed by atoms with Crippen molar-refractivity contribution >= 4 is 16.7 Å². The van der Waals surface area contributed by atoms with Crippen LogP contribution < -0.4 is 5.56 Å². The highest BCUT2D eigenvalue weighted by Gasteiger charge is 2.29. The number of benzene rings is 1. The van der Waals surface area contributed by atoms with Gasteiger partial charge in [0, 0.05) is 19.3 Å². The summed E-state index contributed by atoms with van der Waals surface area (Å²) in [7, 11) is 1.59. The molecule has 0 unspecified atom stereocenters. The lowest BCUT2D eigenvalue weighted by Gasteiger charge is -2.35. The Balaban J connectivity index is 1.70. The molecule has 1 aliphatic rings. The second-order valence-corrected chi connectivity index (χ2v) is 8.79.